The molecule has 1 saturated carbocycles. The molecule has 0 bridgehead atoms. The van der Waals surface area contributed by atoms with Crippen LogP contribution in [-0.4, -0.2) is 34.7 Å². The summed E-state index contributed by atoms with van der Waals surface area (Å²) >= 11 is 0. The van der Waals surface area contributed by atoms with Crippen molar-refractivity contribution in [3.05, 3.63) is 54.0 Å². The average molecular weight is 346 g/mol. The molecule has 0 aliphatic heterocycles. The second-order valence-corrected chi connectivity index (χ2v) is 6.60. The molecule has 8 heteroatoms. The maximum atomic E-state index is 4.54. The second-order valence-electron chi connectivity index (χ2n) is 6.60. The molecule has 3 aromatic heterocycles. The highest BCUT2D eigenvalue weighted by Crippen LogP contribution is 2.40. The molecule has 4 aromatic rings. The smallest absolute Gasteiger partial charge is 0.184 e. The van der Waals surface area contributed by atoms with Crippen molar-refractivity contribution in [2.75, 3.05) is 5.32 Å². The van der Waals surface area contributed by atoms with Gasteiger partial charge in [-0.05, 0) is 18.4 Å². The van der Waals surface area contributed by atoms with E-state index < -0.39 is 0 Å². The van der Waals surface area contributed by atoms with Gasteiger partial charge in [-0.1, -0.05) is 35.5 Å². The van der Waals surface area contributed by atoms with Crippen LogP contribution >= 0.6 is 0 Å². The SMILES string of the molecule is Cn1nc(Nc2ncnc3c2nnn3Cc2ccccc2)cc1C1CC1. The van der Waals surface area contributed by atoms with Crippen LogP contribution < -0.4 is 5.32 Å². The lowest BCUT2D eigenvalue weighted by Gasteiger charge is -2.03. The van der Waals surface area contributed by atoms with Gasteiger partial charge < -0.3 is 5.32 Å². The van der Waals surface area contributed by atoms with Gasteiger partial charge in [-0.2, -0.15) is 5.10 Å². The average Bonchev–Trinajstić information content (AvgIpc) is 3.32. The van der Waals surface area contributed by atoms with Crippen molar-refractivity contribution in [1.82, 2.24) is 34.7 Å². The normalized spacial score (nSPS) is 14.0. The Bertz CT molecular complexity index is 1060. The Labute approximate surface area is 149 Å². The van der Waals surface area contributed by atoms with Crippen molar-refractivity contribution < 1.29 is 0 Å². The van der Waals surface area contributed by atoms with Gasteiger partial charge in [-0.15, -0.1) is 5.10 Å². The van der Waals surface area contributed by atoms with Crippen LogP contribution in [0.25, 0.3) is 11.2 Å². The number of benzene rings is 1. The summed E-state index contributed by atoms with van der Waals surface area (Å²) in [5.41, 5.74) is 3.74. The first-order chi connectivity index (χ1) is 12.8. The number of aryl methyl sites for hydroxylation is 1. The van der Waals surface area contributed by atoms with Gasteiger partial charge in [-0.25, -0.2) is 14.6 Å². The van der Waals surface area contributed by atoms with Gasteiger partial charge in [0.05, 0.1) is 6.54 Å². The zero-order valence-electron chi connectivity index (χ0n) is 14.4. The molecule has 1 aliphatic rings. The summed E-state index contributed by atoms with van der Waals surface area (Å²) < 4.78 is 3.72. The first kappa shape index (κ1) is 15.0. The fourth-order valence-corrected chi connectivity index (χ4v) is 3.17. The molecular weight excluding hydrogens is 328 g/mol. The first-order valence-corrected chi connectivity index (χ1v) is 8.67. The third kappa shape index (κ3) is 2.69. The molecule has 8 nitrogen and oxygen atoms in total. The van der Waals surface area contributed by atoms with Crippen molar-refractivity contribution in [2.24, 2.45) is 7.05 Å². The Hall–Kier alpha value is -3.29. The Balaban J connectivity index is 1.46. The van der Waals surface area contributed by atoms with Gasteiger partial charge in [0.1, 0.15) is 6.33 Å². The topological polar surface area (TPSA) is 86.3 Å². The van der Waals surface area contributed by atoms with Gasteiger partial charge in [-0.3, -0.25) is 4.68 Å². The van der Waals surface area contributed by atoms with Gasteiger partial charge in [0.15, 0.2) is 22.8 Å². The molecule has 130 valence electrons. The van der Waals surface area contributed by atoms with E-state index in [9.17, 15) is 0 Å². The molecule has 0 unspecified atom stereocenters. The number of nitrogens with one attached hydrogen (secondary N) is 1. The summed E-state index contributed by atoms with van der Waals surface area (Å²) in [4.78, 5) is 8.70. The molecule has 3 heterocycles. The third-order valence-electron chi connectivity index (χ3n) is 4.63. The number of hydrogen-bond acceptors (Lipinski definition) is 6. The number of fused-ring (bicyclic) bond motifs is 1. The van der Waals surface area contributed by atoms with Crippen molar-refractivity contribution in [2.45, 2.75) is 25.3 Å². The van der Waals surface area contributed by atoms with Crippen LogP contribution in [0.2, 0.25) is 0 Å². The van der Waals surface area contributed by atoms with E-state index in [1.54, 1.807) is 4.68 Å². The van der Waals surface area contributed by atoms with E-state index >= 15 is 0 Å². The lowest BCUT2D eigenvalue weighted by molar-refractivity contribution is 0.664. The summed E-state index contributed by atoms with van der Waals surface area (Å²) in [6, 6.07) is 12.2. The molecule has 1 aromatic carbocycles. The summed E-state index contributed by atoms with van der Waals surface area (Å²) in [5, 5.41) is 16.3. The van der Waals surface area contributed by atoms with Gasteiger partial charge >= 0.3 is 0 Å². The molecule has 1 fully saturated rings. The number of aromatic nitrogens is 7. The predicted molar refractivity (Wildman–Crippen MR) is 97.1 cm³/mol. The summed E-state index contributed by atoms with van der Waals surface area (Å²) in [7, 11) is 1.98. The van der Waals surface area contributed by atoms with Crippen molar-refractivity contribution in [3.63, 3.8) is 0 Å². The molecule has 5 rings (SSSR count). The van der Waals surface area contributed by atoms with Crippen LogP contribution in [0.1, 0.15) is 30.0 Å². The van der Waals surface area contributed by atoms with E-state index in [2.05, 4.69) is 48.9 Å². The van der Waals surface area contributed by atoms with Gasteiger partial charge in [0.2, 0.25) is 0 Å². The number of hydrogen-bond donors (Lipinski definition) is 1. The largest absolute Gasteiger partial charge is 0.321 e. The van der Waals surface area contributed by atoms with Gasteiger partial charge in [0.25, 0.3) is 0 Å². The molecule has 0 radical (unpaired) electrons. The third-order valence-corrected chi connectivity index (χ3v) is 4.63. The van der Waals surface area contributed by atoms with Crippen LogP contribution in [0.4, 0.5) is 11.6 Å². The second kappa shape index (κ2) is 5.91. The van der Waals surface area contributed by atoms with E-state index in [0.29, 0.717) is 29.4 Å². The van der Waals surface area contributed by atoms with Crippen LogP contribution in [0.15, 0.2) is 42.7 Å². The highest BCUT2D eigenvalue weighted by molar-refractivity contribution is 5.83. The monoisotopic (exact) mass is 346 g/mol. The minimum atomic E-state index is 0.614. The zero-order valence-corrected chi connectivity index (χ0v) is 14.4. The van der Waals surface area contributed by atoms with Crippen molar-refractivity contribution in [3.8, 4) is 0 Å². The molecule has 1 aliphatic carbocycles. The fraction of sp³-hybridized carbons (Fsp3) is 0.278. The first-order valence-electron chi connectivity index (χ1n) is 8.67. The van der Waals surface area contributed by atoms with E-state index in [4.69, 9.17) is 0 Å². The minimum Gasteiger partial charge on any atom is -0.321 e. The lowest BCUT2D eigenvalue weighted by atomic mass is 10.2. The quantitative estimate of drug-likeness (QED) is 0.598. The van der Waals surface area contributed by atoms with Crippen LogP contribution in [0.3, 0.4) is 0 Å². The Morgan fingerprint density at radius 1 is 1.15 bits per heavy atom. The highest BCUT2D eigenvalue weighted by Gasteiger charge is 2.27. The number of anilines is 2. The molecule has 1 N–H and O–H groups in total. The van der Waals surface area contributed by atoms with E-state index in [-0.39, 0.29) is 0 Å². The maximum Gasteiger partial charge on any atom is 0.184 e. The molecule has 0 saturated heterocycles. The summed E-state index contributed by atoms with van der Waals surface area (Å²) in [6.07, 6.45) is 4.01. The molecule has 26 heavy (non-hydrogen) atoms. The van der Waals surface area contributed by atoms with Crippen molar-refractivity contribution in [1.29, 1.82) is 0 Å². The standard InChI is InChI=1S/C18H18N8/c1-25-14(13-7-8-13)9-15(23-25)21-17-16-18(20-11-19-17)26(24-22-16)10-12-5-3-2-4-6-12/h2-6,9,11,13H,7-8,10H2,1H3,(H,19,20,21,23). The minimum absolute atomic E-state index is 0.614. The van der Waals surface area contributed by atoms with E-state index in [1.807, 2.05) is 29.9 Å². The molecular formula is C18H18N8. The maximum absolute atomic E-state index is 4.54. The van der Waals surface area contributed by atoms with Crippen LogP contribution in [0.5, 0.6) is 0 Å². The Kier molecular flexibility index (Phi) is 3.41. The number of nitrogens with zero attached hydrogens (tertiary/aromatic N) is 7. The van der Waals surface area contributed by atoms with E-state index in [0.717, 1.165) is 11.4 Å². The molecule has 0 amide bonds. The number of rotatable bonds is 5. The summed E-state index contributed by atoms with van der Waals surface area (Å²) in [5.74, 6) is 2.03. The lowest BCUT2D eigenvalue weighted by Crippen LogP contribution is -2.03. The zero-order chi connectivity index (χ0) is 17.5. The van der Waals surface area contributed by atoms with Crippen molar-refractivity contribution >= 4 is 22.8 Å². The summed E-state index contributed by atoms with van der Waals surface area (Å²) in [6.45, 7) is 0.614. The molecule has 0 spiro atoms. The van der Waals surface area contributed by atoms with Crippen LogP contribution in [0, 0.1) is 0 Å². The van der Waals surface area contributed by atoms with E-state index in [1.165, 1.54) is 24.9 Å². The van der Waals surface area contributed by atoms with Crippen LogP contribution in [-0.2, 0) is 13.6 Å². The fourth-order valence-electron chi connectivity index (χ4n) is 3.17. The highest BCUT2D eigenvalue weighted by atomic mass is 15.4. The molecule has 0 atom stereocenters. The predicted octanol–water partition coefficient (Wildman–Crippen LogP) is 2.62. The van der Waals surface area contributed by atoms with Gasteiger partial charge in [0, 0.05) is 24.7 Å². The Morgan fingerprint density at radius 3 is 2.81 bits per heavy atom. The Morgan fingerprint density at radius 2 is 2.00 bits per heavy atom.